The number of aryl methyl sites for hydroxylation is 1. The zero-order valence-corrected chi connectivity index (χ0v) is 15.4. The maximum absolute atomic E-state index is 11.8. The Labute approximate surface area is 147 Å². The van der Waals surface area contributed by atoms with Gasteiger partial charge >= 0.3 is 0 Å². The van der Waals surface area contributed by atoms with Gasteiger partial charge in [-0.25, -0.2) is 9.97 Å². The van der Waals surface area contributed by atoms with Gasteiger partial charge in [-0.05, 0) is 32.8 Å². The van der Waals surface area contributed by atoms with Gasteiger partial charge in [0.15, 0.2) is 0 Å². The summed E-state index contributed by atoms with van der Waals surface area (Å²) in [5.74, 6) is 0.839. The number of hydrogen-bond donors (Lipinski definition) is 2. The molecule has 2 aromatic rings. The lowest BCUT2D eigenvalue weighted by Crippen LogP contribution is -2.27. The predicted molar refractivity (Wildman–Crippen MR) is 98.6 cm³/mol. The van der Waals surface area contributed by atoms with Crippen molar-refractivity contribution in [2.75, 3.05) is 25.0 Å². The number of hydrogen-bond acceptors (Lipinski definition) is 6. The molecule has 2 N–H and O–H groups in total. The van der Waals surface area contributed by atoms with Crippen LogP contribution < -0.4 is 10.6 Å². The zero-order chi connectivity index (χ0) is 17.4. The molecule has 0 aromatic carbocycles. The molecule has 1 amide bonds. The van der Waals surface area contributed by atoms with Gasteiger partial charge in [-0.1, -0.05) is 6.92 Å². The SMILES string of the molecule is CCc1cc2c(NCCC(=O)NCCCOC(C)C)ncnc2s1. The summed E-state index contributed by atoms with van der Waals surface area (Å²) in [6, 6.07) is 2.12. The third kappa shape index (κ3) is 5.72. The van der Waals surface area contributed by atoms with E-state index in [1.165, 1.54) is 4.88 Å². The Kier molecular flexibility index (Phi) is 7.39. The van der Waals surface area contributed by atoms with Gasteiger partial charge in [-0.2, -0.15) is 0 Å². The molecule has 0 aliphatic heterocycles. The van der Waals surface area contributed by atoms with Crippen LogP contribution >= 0.6 is 11.3 Å². The van der Waals surface area contributed by atoms with E-state index in [1.54, 1.807) is 17.7 Å². The first-order chi connectivity index (χ1) is 11.6. The highest BCUT2D eigenvalue weighted by atomic mass is 32.1. The molecule has 2 heterocycles. The van der Waals surface area contributed by atoms with Crippen molar-refractivity contribution in [1.29, 1.82) is 0 Å². The molecule has 132 valence electrons. The fourth-order valence-electron chi connectivity index (χ4n) is 2.22. The maximum atomic E-state index is 11.8. The molecule has 6 nitrogen and oxygen atoms in total. The molecule has 0 spiro atoms. The van der Waals surface area contributed by atoms with Crippen molar-refractivity contribution < 1.29 is 9.53 Å². The molecule has 0 aliphatic rings. The van der Waals surface area contributed by atoms with Crippen molar-refractivity contribution in [3.63, 3.8) is 0 Å². The highest BCUT2D eigenvalue weighted by Crippen LogP contribution is 2.28. The highest BCUT2D eigenvalue weighted by molar-refractivity contribution is 7.18. The predicted octanol–water partition coefficient (Wildman–Crippen LogP) is 2.99. The van der Waals surface area contributed by atoms with E-state index >= 15 is 0 Å². The lowest BCUT2D eigenvalue weighted by atomic mass is 10.3. The molecular formula is C17H26N4O2S. The molecule has 0 saturated heterocycles. The quantitative estimate of drug-likeness (QED) is 0.644. The monoisotopic (exact) mass is 350 g/mol. The molecule has 0 unspecified atom stereocenters. The zero-order valence-electron chi connectivity index (χ0n) is 14.6. The molecule has 7 heteroatoms. The van der Waals surface area contributed by atoms with E-state index in [2.05, 4.69) is 33.6 Å². The topological polar surface area (TPSA) is 76.1 Å². The average Bonchev–Trinajstić information content (AvgIpc) is 2.98. The van der Waals surface area contributed by atoms with E-state index in [-0.39, 0.29) is 12.0 Å². The standard InChI is InChI=1S/C17H26N4O2S/c1-4-13-10-14-16(20-11-21-17(14)24-13)19-8-6-15(22)18-7-5-9-23-12(2)3/h10-12H,4-9H2,1-3H3,(H,18,22)(H,19,20,21). The van der Waals surface area contributed by atoms with Gasteiger partial charge in [0, 0.05) is 31.0 Å². The first-order valence-electron chi connectivity index (χ1n) is 8.45. The Bertz CT molecular complexity index is 657. The number of amides is 1. The third-order valence-corrected chi connectivity index (χ3v) is 4.66. The number of nitrogens with one attached hydrogen (secondary N) is 2. The second-order valence-electron chi connectivity index (χ2n) is 5.81. The summed E-state index contributed by atoms with van der Waals surface area (Å²) in [6.45, 7) is 8.01. The maximum Gasteiger partial charge on any atom is 0.221 e. The van der Waals surface area contributed by atoms with Crippen LogP contribution in [0.25, 0.3) is 10.2 Å². The summed E-state index contributed by atoms with van der Waals surface area (Å²) in [4.78, 5) is 22.7. The summed E-state index contributed by atoms with van der Waals surface area (Å²) >= 11 is 1.69. The van der Waals surface area contributed by atoms with Crippen LogP contribution in [0.4, 0.5) is 5.82 Å². The molecule has 0 aliphatic carbocycles. The Morgan fingerprint density at radius 3 is 2.92 bits per heavy atom. The van der Waals surface area contributed by atoms with E-state index < -0.39 is 0 Å². The number of nitrogens with zero attached hydrogens (tertiary/aromatic N) is 2. The Morgan fingerprint density at radius 1 is 1.33 bits per heavy atom. The lowest BCUT2D eigenvalue weighted by Gasteiger charge is -2.09. The molecule has 0 saturated carbocycles. The van der Waals surface area contributed by atoms with Gasteiger partial charge in [-0.15, -0.1) is 11.3 Å². The normalized spacial score (nSPS) is 11.2. The van der Waals surface area contributed by atoms with Crippen LogP contribution in [-0.4, -0.2) is 41.7 Å². The molecule has 0 atom stereocenters. The number of thiophene rings is 1. The molecular weight excluding hydrogens is 324 g/mol. The van der Waals surface area contributed by atoms with Crippen molar-refractivity contribution in [1.82, 2.24) is 15.3 Å². The van der Waals surface area contributed by atoms with E-state index in [0.29, 0.717) is 26.1 Å². The Balaban J connectivity index is 1.72. The number of aromatic nitrogens is 2. The highest BCUT2D eigenvalue weighted by Gasteiger charge is 2.08. The fraction of sp³-hybridized carbons (Fsp3) is 0.588. The van der Waals surface area contributed by atoms with Gasteiger partial charge in [0.25, 0.3) is 0 Å². The minimum absolute atomic E-state index is 0.0388. The minimum Gasteiger partial charge on any atom is -0.379 e. The van der Waals surface area contributed by atoms with Crippen molar-refractivity contribution in [2.24, 2.45) is 0 Å². The van der Waals surface area contributed by atoms with Gasteiger partial charge in [0.1, 0.15) is 17.0 Å². The van der Waals surface area contributed by atoms with Crippen LogP contribution in [0, 0.1) is 0 Å². The number of fused-ring (bicyclic) bond motifs is 1. The van der Waals surface area contributed by atoms with Crippen LogP contribution in [0.3, 0.4) is 0 Å². The molecule has 24 heavy (non-hydrogen) atoms. The summed E-state index contributed by atoms with van der Waals surface area (Å²) in [7, 11) is 0. The number of carbonyl (C=O) groups excluding carboxylic acids is 1. The molecule has 0 bridgehead atoms. The van der Waals surface area contributed by atoms with Crippen molar-refractivity contribution >= 4 is 33.3 Å². The van der Waals surface area contributed by atoms with Crippen LogP contribution in [0.1, 0.15) is 38.5 Å². The Morgan fingerprint density at radius 2 is 2.17 bits per heavy atom. The molecule has 0 radical (unpaired) electrons. The number of anilines is 1. The Hall–Kier alpha value is -1.73. The van der Waals surface area contributed by atoms with E-state index in [9.17, 15) is 4.79 Å². The van der Waals surface area contributed by atoms with E-state index in [0.717, 1.165) is 28.9 Å². The fourth-order valence-corrected chi connectivity index (χ4v) is 3.16. The van der Waals surface area contributed by atoms with Crippen LogP contribution in [-0.2, 0) is 16.0 Å². The van der Waals surface area contributed by atoms with Crippen LogP contribution in [0.5, 0.6) is 0 Å². The van der Waals surface area contributed by atoms with Gasteiger partial charge in [0.05, 0.1) is 11.5 Å². The first-order valence-corrected chi connectivity index (χ1v) is 9.27. The minimum atomic E-state index is 0.0388. The summed E-state index contributed by atoms with van der Waals surface area (Å²) < 4.78 is 5.44. The average molecular weight is 350 g/mol. The van der Waals surface area contributed by atoms with E-state index in [4.69, 9.17) is 4.74 Å². The smallest absolute Gasteiger partial charge is 0.221 e. The molecule has 2 aromatic heterocycles. The van der Waals surface area contributed by atoms with Crippen molar-refractivity contribution in [3.05, 3.63) is 17.3 Å². The summed E-state index contributed by atoms with van der Waals surface area (Å²) in [5, 5.41) is 7.18. The number of ether oxygens (including phenoxy) is 1. The number of carbonyl (C=O) groups is 1. The second-order valence-corrected chi connectivity index (χ2v) is 6.92. The largest absolute Gasteiger partial charge is 0.379 e. The van der Waals surface area contributed by atoms with Crippen molar-refractivity contribution in [3.8, 4) is 0 Å². The lowest BCUT2D eigenvalue weighted by molar-refractivity contribution is -0.120. The first kappa shape index (κ1) is 18.6. The van der Waals surface area contributed by atoms with Gasteiger partial charge in [-0.3, -0.25) is 4.79 Å². The summed E-state index contributed by atoms with van der Waals surface area (Å²) in [5.41, 5.74) is 0. The van der Waals surface area contributed by atoms with Gasteiger partial charge in [0.2, 0.25) is 5.91 Å². The summed E-state index contributed by atoms with van der Waals surface area (Å²) in [6.07, 6.45) is 4.04. The molecule has 2 rings (SSSR count). The van der Waals surface area contributed by atoms with Crippen molar-refractivity contribution in [2.45, 2.75) is 46.1 Å². The van der Waals surface area contributed by atoms with E-state index in [1.807, 2.05) is 13.8 Å². The van der Waals surface area contributed by atoms with Crippen LogP contribution in [0.15, 0.2) is 12.4 Å². The van der Waals surface area contributed by atoms with Gasteiger partial charge < -0.3 is 15.4 Å². The second kappa shape index (κ2) is 9.54. The third-order valence-electron chi connectivity index (χ3n) is 3.47. The van der Waals surface area contributed by atoms with Crippen LogP contribution in [0.2, 0.25) is 0 Å². The molecule has 0 fully saturated rings. The number of rotatable bonds is 10.